The number of halogens is 3. The van der Waals surface area contributed by atoms with E-state index in [4.69, 9.17) is 15.7 Å². The number of para-hydroxylation sites is 1. The molecule has 1 aliphatic heterocycles. The predicted octanol–water partition coefficient (Wildman–Crippen LogP) is 4.71. The van der Waals surface area contributed by atoms with Crippen LogP contribution in [0.3, 0.4) is 0 Å². The third kappa shape index (κ3) is 4.06. The Balaban J connectivity index is 2.43. The standard InChI is InChI=1S/C22H19F3N2O4/c1-10(2)30-21(29)17-16(18(26-5)12(4)27-20(17)22(23,24)25)14-8-6-7-13-15(28)9-11(3)31-19(13)14/h6-10,16,27H,1-4H3. The lowest BCUT2D eigenvalue weighted by atomic mass is 9.83. The Kier molecular flexibility index (Phi) is 5.68. The smallest absolute Gasteiger partial charge is 0.431 e. The van der Waals surface area contributed by atoms with E-state index in [0.717, 1.165) is 0 Å². The average molecular weight is 432 g/mol. The second kappa shape index (κ2) is 7.95. The van der Waals surface area contributed by atoms with Crippen molar-refractivity contribution in [3.63, 3.8) is 0 Å². The molecule has 1 aromatic carbocycles. The van der Waals surface area contributed by atoms with E-state index in [1.54, 1.807) is 0 Å². The maximum Gasteiger partial charge on any atom is 0.431 e. The van der Waals surface area contributed by atoms with E-state index in [0.29, 0.717) is 0 Å². The maximum atomic E-state index is 13.9. The van der Waals surface area contributed by atoms with E-state index in [-0.39, 0.29) is 39.1 Å². The minimum absolute atomic E-state index is 0.0183. The van der Waals surface area contributed by atoms with Crippen molar-refractivity contribution in [2.75, 3.05) is 0 Å². The van der Waals surface area contributed by atoms with E-state index in [2.05, 4.69) is 10.2 Å². The van der Waals surface area contributed by atoms with Crippen LogP contribution in [-0.2, 0) is 9.53 Å². The summed E-state index contributed by atoms with van der Waals surface area (Å²) in [5, 5.41) is 2.29. The van der Waals surface area contributed by atoms with Gasteiger partial charge < -0.3 is 14.5 Å². The molecule has 1 atom stereocenters. The van der Waals surface area contributed by atoms with Gasteiger partial charge in [0.1, 0.15) is 17.0 Å². The number of nitrogens with one attached hydrogen (secondary N) is 1. The zero-order valence-corrected chi connectivity index (χ0v) is 17.2. The normalized spacial score (nSPS) is 17.1. The lowest BCUT2D eigenvalue weighted by molar-refractivity contribution is -0.144. The first-order valence-electron chi connectivity index (χ1n) is 9.36. The molecular formula is C22H19F3N2O4. The fourth-order valence-corrected chi connectivity index (χ4v) is 3.53. The van der Waals surface area contributed by atoms with Crippen LogP contribution < -0.4 is 10.7 Å². The number of rotatable bonds is 3. The van der Waals surface area contributed by atoms with Crippen molar-refractivity contribution in [3.8, 4) is 0 Å². The highest BCUT2D eigenvalue weighted by Gasteiger charge is 2.46. The molecule has 0 radical (unpaired) electrons. The number of nitrogens with zero attached hydrogens (tertiary/aromatic N) is 1. The highest BCUT2D eigenvalue weighted by atomic mass is 19.4. The first-order chi connectivity index (χ1) is 14.5. The van der Waals surface area contributed by atoms with E-state index >= 15 is 0 Å². The molecule has 1 N–H and O–H groups in total. The van der Waals surface area contributed by atoms with Crippen molar-refractivity contribution >= 4 is 16.9 Å². The van der Waals surface area contributed by atoms with Crippen molar-refractivity contribution in [1.29, 1.82) is 0 Å². The van der Waals surface area contributed by atoms with Gasteiger partial charge in [0.15, 0.2) is 11.1 Å². The molecule has 1 aromatic heterocycles. The van der Waals surface area contributed by atoms with Crippen molar-refractivity contribution in [1.82, 2.24) is 5.32 Å². The number of hydrogen-bond acceptors (Lipinski definition) is 5. The van der Waals surface area contributed by atoms with Crippen molar-refractivity contribution in [2.45, 2.75) is 45.9 Å². The number of esters is 1. The molecule has 6 nitrogen and oxygen atoms in total. The summed E-state index contributed by atoms with van der Waals surface area (Å²) in [4.78, 5) is 28.7. The second-order valence-electron chi connectivity index (χ2n) is 7.37. The number of aryl methyl sites for hydroxylation is 1. The molecule has 9 heteroatoms. The molecule has 2 aromatic rings. The van der Waals surface area contributed by atoms with Gasteiger partial charge in [0.2, 0.25) is 0 Å². The Morgan fingerprint density at radius 1 is 1.29 bits per heavy atom. The van der Waals surface area contributed by atoms with Crippen molar-refractivity contribution in [2.24, 2.45) is 0 Å². The van der Waals surface area contributed by atoms with E-state index < -0.39 is 35.4 Å². The van der Waals surface area contributed by atoms with Gasteiger partial charge in [0.05, 0.1) is 29.6 Å². The zero-order valence-electron chi connectivity index (χ0n) is 17.2. The average Bonchev–Trinajstić information content (AvgIpc) is 2.65. The zero-order chi connectivity index (χ0) is 23.1. The first kappa shape index (κ1) is 22.2. The van der Waals surface area contributed by atoms with Gasteiger partial charge in [-0.05, 0) is 39.3 Å². The number of alkyl halides is 3. The molecule has 1 unspecified atom stereocenters. The molecule has 1 aliphatic rings. The molecule has 0 aliphatic carbocycles. The maximum absolute atomic E-state index is 13.9. The summed E-state index contributed by atoms with van der Waals surface area (Å²) in [6.07, 6.45) is -5.61. The van der Waals surface area contributed by atoms with Gasteiger partial charge >= 0.3 is 12.1 Å². The number of benzene rings is 1. The number of dihydropyridines is 1. The van der Waals surface area contributed by atoms with Crippen molar-refractivity contribution < 1.29 is 27.1 Å². The highest BCUT2D eigenvalue weighted by Crippen LogP contribution is 2.45. The molecule has 0 fully saturated rings. The van der Waals surface area contributed by atoms with Crippen LogP contribution >= 0.6 is 0 Å². The Labute approximate surface area is 175 Å². The first-order valence-corrected chi connectivity index (χ1v) is 9.36. The third-order valence-electron chi connectivity index (χ3n) is 4.71. The molecule has 2 heterocycles. The van der Waals surface area contributed by atoms with E-state index in [9.17, 15) is 22.8 Å². The van der Waals surface area contributed by atoms with Crippen LogP contribution in [-0.4, -0.2) is 18.2 Å². The predicted molar refractivity (Wildman–Crippen MR) is 107 cm³/mol. The van der Waals surface area contributed by atoms with Gasteiger partial charge in [0, 0.05) is 11.8 Å². The number of allylic oxidation sites excluding steroid dienone is 3. The summed E-state index contributed by atoms with van der Waals surface area (Å²) in [5.74, 6) is -2.40. The summed E-state index contributed by atoms with van der Waals surface area (Å²) < 4.78 is 52.6. The van der Waals surface area contributed by atoms with Crippen LogP contribution in [0.25, 0.3) is 15.8 Å². The van der Waals surface area contributed by atoms with E-state index in [1.165, 1.54) is 52.0 Å². The van der Waals surface area contributed by atoms with Crippen LogP contribution in [0.2, 0.25) is 0 Å². The minimum atomic E-state index is -4.92. The fourth-order valence-electron chi connectivity index (χ4n) is 3.53. The number of ether oxygens (including phenoxy) is 1. The number of carbonyl (C=O) groups is 1. The van der Waals surface area contributed by atoms with Crippen LogP contribution in [0.5, 0.6) is 0 Å². The van der Waals surface area contributed by atoms with E-state index in [1.807, 2.05) is 0 Å². The number of carbonyl (C=O) groups excluding carboxylic acids is 1. The van der Waals surface area contributed by atoms with Gasteiger partial charge in [-0.25, -0.2) is 9.64 Å². The summed E-state index contributed by atoms with van der Waals surface area (Å²) in [7, 11) is 0. The number of hydrogen-bond donors (Lipinski definition) is 1. The lowest BCUT2D eigenvalue weighted by Gasteiger charge is -2.31. The Morgan fingerprint density at radius 2 is 1.97 bits per heavy atom. The third-order valence-corrected chi connectivity index (χ3v) is 4.71. The molecule has 0 bridgehead atoms. The molecule has 0 saturated heterocycles. The molecule has 0 amide bonds. The quantitative estimate of drug-likeness (QED) is 0.562. The molecular weight excluding hydrogens is 413 g/mol. The highest BCUT2D eigenvalue weighted by molar-refractivity contribution is 5.95. The lowest BCUT2D eigenvalue weighted by Crippen LogP contribution is -2.36. The SMILES string of the molecule is [C-]#[N+]C1=C(C)NC(C(F)(F)F)=C(C(=O)OC(C)C)C1c1cccc2c(=O)cc(C)oc12. The second-order valence-corrected chi connectivity index (χ2v) is 7.37. The molecule has 0 spiro atoms. The fraction of sp³-hybridized carbons (Fsp3) is 0.318. The topological polar surface area (TPSA) is 72.9 Å². The summed E-state index contributed by atoms with van der Waals surface area (Å²) >= 11 is 0. The Hall–Kier alpha value is -3.54. The summed E-state index contributed by atoms with van der Waals surface area (Å²) in [6, 6.07) is 5.65. The van der Waals surface area contributed by atoms with Crippen LogP contribution in [0.15, 0.2) is 56.1 Å². The molecule has 162 valence electrons. The van der Waals surface area contributed by atoms with Crippen molar-refractivity contribution in [3.05, 3.63) is 79.9 Å². The number of fused-ring (bicyclic) bond motifs is 1. The van der Waals surface area contributed by atoms with Gasteiger partial charge in [-0.3, -0.25) is 4.79 Å². The largest absolute Gasteiger partial charge is 0.461 e. The Morgan fingerprint density at radius 3 is 2.55 bits per heavy atom. The van der Waals surface area contributed by atoms with Crippen LogP contribution in [0.1, 0.15) is 38.0 Å². The van der Waals surface area contributed by atoms with Gasteiger partial charge in [-0.2, -0.15) is 13.2 Å². The molecule has 3 rings (SSSR count). The van der Waals surface area contributed by atoms with Gasteiger partial charge in [-0.15, -0.1) is 0 Å². The summed E-state index contributed by atoms with van der Waals surface area (Å²) in [5.41, 5.74) is -2.51. The molecule has 31 heavy (non-hydrogen) atoms. The summed E-state index contributed by atoms with van der Waals surface area (Å²) in [6.45, 7) is 13.4. The molecule has 0 saturated carbocycles. The monoisotopic (exact) mass is 432 g/mol. The minimum Gasteiger partial charge on any atom is -0.461 e. The van der Waals surface area contributed by atoms with Crippen LogP contribution in [0.4, 0.5) is 13.2 Å². The van der Waals surface area contributed by atoms with Crippen LogP contribution in [0, 0.1) is 13.5 Å². The van der Waals surface area contributed by atoms with Gasteiger partial charge in [0.25, 0.3) is 0 Å². The van der Waals surface area contributed by atoms with Gasteiger partial charge in [-0.1, -0.05) is 12.1 Å². The Bertz CT molecular complexity index is 1230.